The van der Waals surface area contributed by atoms with Crippen molar-refractivity contribution >= 4 is 65.4 Å². The van der Waals surface area contributed by atoms with Gasteiger partial charge in [0.15, 0.2) is 5.60 Å². The molecule has 0 saturated heterocycles. The molecule has 190 valence electrons. The van der Waals surface area contributed by atoms with E-state index < -0.39 is 54.3 Å². The average molecular weight is 499 g/mol. The van der Waals surface area contributed by atoms with Gasteiger partial charge in [-0.2, -0.15) is 0 Å². The zero-order chi connectivity index (χ0) is 26.5. The molecule has 0 fully saturated rings. The van der Waals surface area contributed by atoms with Crippen molar-refractivity contribution in [2.45, 2.75) is 31.5 Å². The number of carboxylic acids is 6. The summed E-state index contributed by atoms with van der Waals surface area (Å²) in [6, 6.07) is 0. The van der Waals surface area contributed by atoms with Gasteiger partial charge in [-0.15, -0.1) is 0 Å². The summed E-state index contributed by atoms with van der Waals surface area (Å²) in [5.41, 5.74) is 7.00. The van der Waals surface area contributed by atoms with Gasteiger partial charge in [0.1, 0.15) is 0 Å². The van der Waals surface area contributed by atoms with Gasteiger partial charge in [-0.1, -0.05) is 0 Å². The molecule has 0 aromatic rings. The molecule has 0 saturated carbocycles. The van der Waals surface area contributed by atoms with E-state index in [1.165, 1.54) is 0 Å². The number of nitrogens with one attached hydrogen (secondary N) is 1. The Morgan fingerprint density at radius 3 is 1.30 bits per heavy atom. The van der Waals surface area contributed by atoms with Crippen LogP contribution in [0, 0.1) is 0 Å². The predicted octanol–water partition coefficient (Wildman–Crippen LogP) is -4.80. The summed E-state index contributed by atoms with van der Waals surface area (Å²) in [6.07, 6.45) is -2.55. The van der Waals surface area contributed by atoms with Crippen molar-refractivity contribution in [1.82, 2.24) is 5.32 Å². The van der Waals surface area contributed by atoms with Gasteiger partial charge >= 0.3 is 65.4 Å². The minimum absolute atomic E-state index is 0. The Bertz CT molecular complexity index is 587. The second-order valence-corrected chi connectivity index (χ2v) is 5.53. The van der Waals surface area contributed by atoms with E-state index in [1.807, 2.05) is 0 Å². The summed E-state index contributed by atoms with van der Waals surface area (Å²) in [5.74, 6) is -9.63. The molecule has 17 nitrogen and oxygen atoms in total. The van der Waals surface area contributed by atoms with Gasteiger partial charge in [-0.05, 0) is 6.92 Å². The van der Waals surface area contributed by atoms with Crippen LogP contribution in [0.1, 0.15) is 19.8 Å². The molecule has 0 bridgehead atoms. The molecular formula is C15H30N3NaO14. The van der Waals surface area contributed by atoms with Gasteiger partial charge in [0.25, 0.3) is 0 Å². The summed E-state index contributed by atoms with van der Waals surface area (Å²) < 4.78 is 0. The van der Waals surface area contributed by atoms with Crippen molar-refractivity contribution in [1.29, 1.82) is 0 Å². The summed E-state index contributed by atoms with van der Waals surface area (Å²) in [4.78, 5) is 57.9. The Morgan fingerprint density at radius 2 is 1.15 bits per heavy atom. The Kier molecular flexibility index (Phi) is 30.1. The molecule has 0 aliphatic heterocycles. The van der Waals surface area contributed by atoms with Crippen LogP contribution >= 0.6 is 0 Å². The molecule has 0 rings (SSSR count). The number of nitrogens with two attached hydrogens (primary N) is 2. The van der Waals surface area contributed by atoms with Crippen LogP contribution in [0.2, 0.25) is 0 Å². The van der Waals surface area contributed by atoms with E-state index in [1.54, 1.807) is 6.92 Å². The predicted molar refractivity (Wildman–Crippen MR) is 110 cm³/mol. The van der Waals surface area contributed by atoms with Gasteiger partial charge < -0.3 is 57.6 Å². The van der Waals surface area contributed by atoms with Gasteiger partial charge in [0.2, 0.25) is 0 Å². The molecular weight excluding hydrogens is 469 g/mol. The number of carbonyl (C=O) groups is 6. The van der Waals surface area contributed by atoms with E-state index in [0.29, 0.717) is 13.1 Å². The van der Waals surface area contributed by atoms with E-state index >= 15 is 0 Å². The molecule has 0 aromatic heterocycles. The number of carboxylic acid groups (broad SMARTS) is 6. The van der Waals surface area contributed by atoms with E-state index in [2.05, 4.69) is 11.1 Å². The van der Waals surface area contributed by atoms with Gasteiger partial charge in [0, 0.05) is 19.6 Å². The molecule has 0 heterocycles. The van der Waals surface area contributed by atoms with Crippen LogP contribution in [0.3, 0.4) is 0 Å². The van der Waals surface area contributed by atoms with Crippen molar-refractivity contribution in [2.24, 2.45) is 11.5 Å². The molecule has 0 spiro atoms. The monoisotopic (exact) mass is 499 g/mol. The van der Waals surface area contributed by atoms with Crippen LogP contribution in [0.15, 0.2) is 0 Å². The number of aliphatic hydroxyl groups excluding tert-OH is 1. The van der Waals surface area contributed by atoms with E-state index in [-0.39, 0.29) is 42.2 Å². The first-order valence-electron chi connectivity index (χ1n) is 8.33. The summed E-state index contributed by atoms with van der Waals surface area (Å²) in [6.45, 7) is 3.51. The maximum absolute atomic E-state index is 10.3. The summed E-state index contributed by atoms with van der Waals surface area (Å²) in [5, 5.41) is 67.8. The fourth-order valence-electron chi connectivity index (χ4n) is 1.13. The molecule has 33 heavy (non-hydrogen) atoms. The number of aliphatic hydroxyl groups is 2. The van der Waals surface area contributed by atoms with Gasteiger partial charge in [-0.25, -0.2) is 14.4 Å². The summed E-state index contributed by atoms with van der Waals surface area (Å²) in [7, 11) is 0. The summed E-state index contributed by atoms with van der Waals surface area (Å²) >= 11 is 0. The molecule has 18 heteroatoms. The number of hydrogen-bond acceptors (Lipinski definition) is 11. The molecule has 0 aromatic carbocycles. The molecule has 1 atom stereocenters. The molecule has 1 unspecified atom stereocenters. The minimum atomic E-state index is -2.74. The number of hydrogen-bond donors (Lipinski definition) is 11. The molecule has 0 radical (unpaired) electrons. The Hall–Kier alpha value is -2.38. The SMILES string of the molecule is CC(O)CNCCN.NCC(=O)O.O=C(O)C(=O)O.O=C(O)CC(O)(CC(=O)O)C(=O)O.[NaH]. The molecule has 0 amide bonds. The van der Waals surface area contributed by atoms with Crippen molar-refractivity contribution in [3.05, 3.63) is 0 Å². The third kappa shape index (κ3) is 37.3. The zero-order valence-corrected chi connectivity index (χ0v) is 17.0. The van der Waals surface area contributed by atoms with Gasteiger partial charge in [0.05, 0.1) is 25.5 Å². The van der Waals surface area contributed by atoms with E-state index in [4.69, 9.17) is 56.2 Å². The standard InChI is InChI=1S/C6H8O7.C5H14N2O.C2H5NO2.C2H2O4.Na.H/c7-3(8)1-6(13,5(11)12)2-4(9)10;1-5(8)4-7-3-2-6;3-1-2(4)5;3-1(4)2(5)6;;/h13H,1-2H2,(H,7,8)(H,9,10)(H,11,12);5,7-8H,2-4,6H2,1H3;1,3H2,(H,4,5);(H,3,4)(H,5,6);;. The number of aliphatic carboxylic acids is 6. The average Bonchev–Trinajstić information content (AvgIpc) is 2.61. The van der Waals surface area contributed by atoms with Crippen LogP contribution in [-0.4, -0.2) is 144 Å². The second kappa shape index (κ2) is 24.3. The topological polar surface area (TPSA) is 328 Å². The quantitative estimate of drug-likeness (QED) is 0.0762. The normalized spacial score (nSPS) is 10.1. The molecule has 0 aliphatic rings. The molecule has 13 N–H and O–H groups in total. The Balaban J connectivity index is -0.000000113. The fraction of sp³-hybridized carbons (Fsp3) is 0.600. The van der Waals surface area contributed by atoms with Crippen LogP contribution in [-0.2, 0) is 28.8 Å². The van der Waals surface area contributed by atoms with Crippen LogP contribution in [0.25, 0.3) is 0 Å². The van der Waals surface area contributed by atoms with Crippen molar-refractivity contribution in [2.75, 3.05) is 26.2 Å². The van der Waals surface area contributed by atoms with Crippen molar-refractivity contribution in [3.8, 4) is 0 Å². The third-order valence-corrected chi connectivity index (χ3v) is 2.40. The Labute approximate surface area is 209 Å². The van der Waals surface area contributed by atoms with Crippen LogP contribution in [0.5, 0.6) is 0 Å². The third-order valence-electron chi connectivity index (χ3n) is 2.40. The van der Waals surface area contributed by atoms with Crippen LogP contribution < -0.4 is 16.8 Å². The first-order chi connectivity index (χ1) is 14.5. The zero-order valence-electron chi connectivity index (χ0n) is 17.0. The first kappa shape index (κ1) is 40.9. The van der Waals surface area contributed by atoms with Crippen molar-refractivity contribution < 1.29 is 69.6 Å². The number of rotatable bonds is 10. The maximum atomic E-state index is 10.3. The second-order valence-electron chi connectivity index (χ2n) is 5.53. The first-order valence-corrected chi connectivity index (χ1v) is 8.33. The van der Waals surface area contributed by atoms with E-state index in [9.17, 15) is 19.2 Å². The van der Waals surface area contributed by atoms with Gasteiger partial charge in [-0.3, -0.25) is 14.4 Å². The van der Waals surface area contributed by atoms with Crippen molar-refractivity contribution in [3.63, 3.8) is 0 Å². The molecule has 0 aliphatic carbocycles. The fourth-order valence-corrected chi connectivity index (χ4v) is 1.13. The van der Waals surface area contributed by atoms with Crippen LogP contribution in [0.4, 0.5) is 0 Å². The Morgan fingerprint density at radius 1 is 0.818 bits per heavy atom. The van der Waals surface area contributed by atoms with E-state index in [0.717, 1.165) is 6.54 Å².